The van der Waals surface area contributed by atoms with Crippen LogP contribution in [0.1, 0.15) is 12.5 Å². The third-order valence-electron chi connectivity index (χ3n) is 3.20. The molecule has 2 atom stereocenters. The Morgan fingerprint density at radius 2 is 2.31 bits per heavy atom. The summed E-state index contributed by atoms with van der Waals surface area (Å²) in [5.41, 5.74) is 0.768. The summed E-state index contributed by atoms with van der Waals surface area (Å²) in [6, 6.07) is 6.28. The van der Waals surface area contributed by atoms with E-state index in [4.69, 9.17) is 0 Å². The van der Waals surface area contributed by atoms with E-state index in [-0.39, 0.29) is 17.5 Å². The van der Waals surface area contributed by atoms with Gasteiger partial charge in [0.2, 0.25) is 0 Å². The number of carbonyl (C=O) groups excluding carboxylic acids is 1. The Balaban J connectivity index is 2.02. The largest absolute Gasteiger partial charge is 0.316 e. The average Bonchev–Trinajstić information content (AvgIpc) is 2.64. The van der Waals surface area contributed by atoms with Crippen LogP contribution in [0.5, 0.6) is 0 Å². The van der Waals surface area contributed by atoms with Crippen molar-refractivity contribution in [1.29, 1.82) is 0 Å². The van der Waals surface area contributed by atoms with Crippen molar-refractivity contribution in [3.8, 4) is 0 Å². The van der Waals surface area contributed by atoms with Gasteiger partial charge in [-0.1, -0.05) is 19.1 Å². The van der Waals surface area contributed by atoms with Crippen molar-refractivity contribution in [1.82, 2.24) is 5.32 Å². The molecule has 1 aliphatic heterocycles. The predicted molar refractivity (Wildman–Crippen MR) is 60.6 cm³/mol. The zero-order chi connectivity index (χ0) is 11.5. The SMILES string of the molecule is CC1CNCC1C(=O)Cc1cccc(F)c1. The lowest BCUT2D eigenvalue weighted by atomic mass is 9.90. The van der Waals surface area contributed by atoms with Gasteiger partial charge in [0.25, 0.3) is 0 Å². The van der Waals surface area contributed by atoms with Crippen molar-refractivity contribution in [3.05, 3.63) is 35.6 Å². The summed E-state index contributed by atoms with van der Waals surface area (Å²) >= 11 is 0. The van der Waals surface area contributed by atoms with Crippen LogP contribution < -0.4 is 5.32 Å². The molecule has 0 spiro atoms. The Labute approximate surface area is 94.9 Å². The van der Waals surface area contributed by atoms with Crippen molar-refractivity contribution in [2.45, 2.75) is 13.3 Å². The summed E-state index contributed by atoms with van der Waals surface area (Å²) in [5.74, 6) is 0.412. The molecule has 1 aliphatic rings. The molecule has 1 aromatic rings. The number of nitrogens with one attached hydrogen (secondary N) is 1. The highest BCUT2D eigenvalue weighted by atomic mass is 19.1. The van der Waals surface area contributed by atoms with Gasteiger partial charge in [-0.05, 0) is 30.2 Å². The van der Waals surface area contributed by atoms with Gasteiger partial charge in [-0.25, -0.2) is 4.39 Å². The number of hydrogen-bond donors (Lipinski definition) is 1. The molecule has 2 nitrogen and oxygen atoms in total. The zero-order valence-corrected chi connectivity index (χ0v) is 9.37. The lowest BCUT2D eigenvalue weighted by Crippen LogP contribution is -2.23. The molecule has 1 N–H and O–H groups in total. The fraction of sp³-hybridized carbons (Fsp3) is 0.462. The number of halogens is 1. The van der Waals surface area contributed by atoms with Crippen LogP contribution in [0.2, 0.25) is 0 Å². The smallest absolute Gasteiger partial charge is 0.141 e. The topological polar surface area (TPSA) is 29.1 Å². The number of Topliss-reactive ketones (excluding diaryl/α,β-unsaturated/α-hetero) is 1. The highest BCUT2D eigenvalue weighted by Gasteiger charge is 2.29. The van der Waals surface area contributed by atoms with Gasteiger partial charge in [0.05, 0.1) is 0 Å². The summed E-state index contributed by atoms with van der Waals surface area (Å²) in [4.78, 5) is 12.0. The van der Waals surface area contributed by atoms with Gasteiger partial charge in [-0.2, -0.15) is 0 Å². The number of carbonyl (C=O) groups is 1. The van der Waals surface area contributed by atoms with Crippen molar-refractivity contribution >= 4 is 5.78 Å². The van der Waals surface area contributed by atoms with E-state index in [1.165, 1.54) is 12.1 Å². The molecule has 0 saturated carbocycles. The maximum absolute atomic E-state index is 12.9. The van der Waals surface area contributed by atoms with Crippen LogP contribution in [-0.2, 0) is 11.2 Å². The number of rotatable bonds is 3. The lowest BCUT2D eigenvalue weighted by Gasteiger charge is -2.12. The normalized spacial score (nSPS) is 24.6. The standard InChI is InChI=1S/C13H16FNO/c1-9-7-15-8-12(9)13(16)6-10-3-2-4-11(14)5-10/h2-5,9,12,15H,6-8H2,1H3. The van der Waals surface area contributed by atoms with E-state index >= 15 is 0 Å². The van der Waals surface area contributed by atoms with E-state index in [2.05, 4.69) is 12.2 Å². The summed E-state index contributed by atoms with van der Waals surface area (Å²) in [6.45, 7) is 3.74. The fourth-order valence-corrected chi connectivity index (χ4v) is 2.22. The lowest BCUT2D eigenvalue weighted by molar-refractivity contribution is -0.122. The summed E-state index contributed by atoms with van der Waals surface area (Å²) in [7, 11) is 0. The zero-order valence-electron chi connectivity index (χ0n) is 9.37. The minimum Gasteiger partial charge on any atom is -0.316 e. The second kappa shape index (κ2) is 4.74. The van der Waals surface area contributed by atoms with Crippen molar-refractivity contribution in [2.75, 3.05) is 13.1 Å². The predicted octanol–water partition coefficient (Wildman–Crippen LogP) is 1.79. The van der Waals surface area contributed by atoms with E-state index in [1.807, 2.05) is 0 Å². The molecule has 2 unspecified atom stereocenters. The van der Waals surface area contributed by atoms with Gasteiger partial charge in [-0.3, -0.25) is 4.79 Å². The molecule has 16 heavy (non-hydrogen) atoms. The number of benzene rings is 1. The van der Waals surface area contributed by atoms with Crippen LogP contribution in [0.15, 0.2) is 24.3 Å². The Morgan fingerprint density at radius 3 is 2.94 bits per heavy atom. The Kier molecular flexibility index (Phi) is 3.34. The molecule has 3 heteroatoms. The van der Waals surface area contributed by atoms with Crippen molar-refractivity contribution in [3.63, 3.8) is 0 Å². The monoisotopic (exact) mass is 221 g/mol. The maximum atomic E-state index is 12.9. The van der Waals surface area contributed by atoms with E-state index < -0.39 is 0 Å². The fourth-order valence-electron chi connectivity index (χ4n) is 2.22. The first-order chi connectivity index (χ1) is 7.66. The van der Waals surface area contributed by atoms with Crippen LogP contribution in [0.4, 0.5) is 4.39 Å². The highest BCUT2D eigenvalue weighted by molar-refractivity contribution is 5.84. The van der Waals surface area contributed by atoms with E-state index in [1.54, 1.807) is 12.1 Å². The third kappa shape index (κ3) is 2.47. The van der Waals surface area contributed by atoms with E-state index in [0.29, 0.717) is 12.3 Å². The molecule has 1 heterocycles. The van der Waals surface area contributed by atoms with Crippen molar-refractivity contribution < 1.29 is 9.18 Å². The molecule has 0 bridgehead atoms. The summed E-state index contributed by atoms with van der Waals surface area (Å²) in [6.07, 6.45) is 0.342. The van der Waals surface area contributed by atoms with Crippen LogP contribution in [0, 0.1) is 17.7 Å². The molecule has 1 saturated heterocycles. The summed E-state index contributed by atoms with van der Waals surface area (Å²) in [5, 5.41) is 3.21. The Bertz CT molecular complexity index is 391. The molecule has 0 aromatic heterocycles. The van der Waals surface area contributed by atoms with Crippen LogP contribution in [-0.4, -0.2) is 18.9 Å². The van der Waals surface area contributed by atoms with Crippen LogP contribution >= 0.6 is 0 Å². The average molecular weight is 221 g/mol. The molecule has 1 aromatic carbocycles. The minimum atomic E-state index is -0.275. The van der Waals surface area contributed by atoms with Gasteiger partial charge in [0, 0.05) is 18.9 Å². The molecule has 1 fully saturated rings. The van der Waals surface area contributed by atoms with Crippen LogP contribution in [0.3, 0.4) is 0 Å². The molecule has 2 rings (SSSR count). The van der Waals surface area contributed by atoms with E-state index in [0.717, 1.165) is 18.7 Å². The van der Waals surface area contributed by atoms with Gasteiger partial charge >= 0.3 is 0 Å². The van der Waals surface area contributed by atoms with Crippen molar-refractivity contribution in [2.24, 2.45) is 11.8 Å². The van der Waals surface area contributed by atoms with Gasteiger partial charge in [0.15, 0.2) is 0 Å². The Hall–Kier alpha value is -1.22. The Morgan fingerprint density at radius 1 is 1.50 bits per heavy atom. The second-order valence-electron chi connectivity index (χ2n) is 4.52. The van der Waals surface area contributed by atoms with Gasteiger partial charge in [0.1, 0.15) is 11.6 Å². The number of hydrogen-bond acceptors (Lipinski definition) is 2. The number of ketones is 1. The van der Waals surface area contributed by atoms with E-state index in [9.17, 15) is 9.18 Å². The quantitative estimate of drug-likeness (QED) is 0.843. The summed E-state index contributed by atoms with van der Waals surface area (Å²) < 4.78 is 12.9. The van der Waals surface area contributed by atoms with Gasteiger partial charge < -0.3 is 5.32 Å². The second-order valence-corrected chi connectivity index (χ2v) is 4.52. The molecule has 86 valence electrons. The van der Waals surface area contributed by atoms with Crippen LogP contribution in [0.25, 0.3) is 0 Å². The first-order valence-corrected chi connectivity index (χ1v) is 5.64. The molecule has 0 radical (unpaired) electrons. The maximum Gasteiger partial charge on any atom is 0.141 e. The molecule has 0 aliphatic carbocycles. The molecular weight excluding hydrogens is 205 g/mol. The minimum absolute atomic E-state index is 0.0864. The highest BCUT2D eigenvalue weighted by Crippen LogP contribution is 2.19. The third-order valence-corrected chi connectivity index (χ3v) is 3.20. The molecular formula is C13H16FNO. The molecule has 0 amide bonds. The van der Waals surface area contributed by atoms with Gasteiger partial charge in [-0.15, -0.1) is 0 Å². The first kappa shape index (κ1) is 11.3. The first-order valence-electron chi connectivity index (χ1n) is 5.64.